The lowest BCUT2D eigenvalue weighted by Crippen LogP contribution is -2.14. The number of likely N-dealkylation sites (N-methyl/N-ethyl adjacent to an activating group) is 1. The quantitative estimate of drug-likeness (QED) is 0.734. The second-order valence-electron chi connectivity index (χ2n) is 4.32. The SMILES string of the molecule is CNCCn1cncc1-c1c[nH]c2ccccc12. The maximum Gasteiger partial charge on any atom is 0.0951 e. The predicted octanol–water partition coefficient (Wildman–Crippen LogP) is 2.25. The zero-order valence-electron chi connectivity index (χ0n) is 10.4. The Morgan fingerprint density at radius 1 is 1.33 bits per heavy atom. The van der Waals surface area contributed by atoms with Crippen LogP contribution in [0.5, 0.6) is 0 Å². The molecule has 2 heterocycles. The van der Waals surface area contributed by atoms with Crippen LogP contribution < -0.4 is 5.32 Å². The molecule has 2 aromatic heterocycles. The number of hydrogen-bond acceptors (Lipinski definition) is 2. The van der Waals surface area contributed by atoms with Gasteiger partial charge >= 0.3 is 0 Å². The van der Waals surface area contributed by atoms with Gasteiger partial charge in [-0.25, -0.2) is 4.98 Å². The Hall–Kier alpha value is -2.07. The monoisotopic (exact) mass is 240 g/mol. The number of rotatable bonds is 4. The van der Waals surface area contributed by atoms with Crippen molar-refractivity contribution in [3.63, 3.8) is 0 Å². The molecule has 0 aliphatic heterocycles. The van der Waals surface area contributed by atoms with E-state index in [0.717, 1.165) is 24.3 Å². The van der Waals surface area contributed by atoms with Crippen molar-refractivity contribution in [2.75, 3.05) is 13.6 Å². The largest absolute Gasteiger partial charge is 0.360 e. The highest BCUT2D eigenvalue weighted by Gasteiger charge is 2.09. The number of H-pyrrole nitrogens is 1. The van der Waals surface area contributed by atoms with E-state index in [0.29, 0.717) is 0 Å². The second kappa shape index (κ2) is 4.66. The molecule has 1 aromatic carbocycles. The van der Waals surface area contributed by atoms with Gasteiger partial charge in [-0.1, -0.05) is 18.2 Å². The molecule has 0 saturated heterocycles. The predicted molar refractivity (Wildman–Crippen MR) is 73.4 cm³/mol. The minimum atomic E-state index is 0.922. The zero-order valence-corrected chi connectivity index (χ0v) is 10.4. The molecule has 3 aromatic rings. The number of para-hydroxylation sites is 1. The van der Waals surface area contributed by atoms with Gasteiger partial charge in [-0.05, 0) is 13.1 Å². The highest BCUT2D eigenvalue weighted by molar-refractivity contribution is 5.94. The molecule has 4 heteroatoms. The van der Waals surface area contributed by atoms with Gasteiger partial charge in [-0.3, -0.25) is 0 Å². The van der Waals surface area contributed by atoms with E-state index in [9.17, 15) is 0 Å². The van der Waals surface area contributed by atoms with Crippen LogP contribution in [0.2, 0.25) is 0 Å². The third kappa shape index (κ3) is 1.80. The van der Waals surface area contributed by atoms with E-state index < -0.39 is 0 Å². The second-order valence-corrected chi connectivity index (χ2v) is 4.32. The lowest BCUT2D eigenvalue weighted by atomic mass is 10.1. The van der Waals surface area contributed by atoms with E-state index >= 15 is 0 Å². The molecule has 0 aliphatic carbocycles. The molecule has 0 bridgehead atoms. The lowest BCUT2D eigenvalue weighted by Gasteiger charge is -2.06. The van der Waals surface area contributed by atoms with Crippen LogP contribution in [0.25, 0.3) is 22.2 Å². The molecule has 2 N–H and O–H groups in total. The molecule has 92 valence electrons. The Morgan fingerprint density at radius 3 is 3.11 bits per heavy atom. The third-order valence-corrected chi connectivity index (χ3v) is 3.18. The van der Waals surface area contributed by atoms with Gasteiger partial charge in [0.1, 0.15) is 0 Å². The number of imidazole rings is 1. The van der Waals surface area contributed by atoms with Gasteiger partial charge < -0.3 is 14.9 Å². The molecule has 18 heavy (non-hydrogen) atoms. The van der Waals surface area contributed by atoms with Gasteiger partial charge in [0, 0.05) is 35.8 Å². The van der Waals surface area contributed by atoms with E-state index in [2.05, 4.69) is 44.2 Å². The van der Waals surface area contributed by atoms with Crippen LogP contribution in [0.3, 0.4) is 0 Å². The average molecular weight is 240 g/mol. The Kier molecular flexibility index (Phi) is 2.86. The highest BCUT2D eigenvalue weighted by Crippen LogP contribution is 2.27. The van der Waals surface area contributed by atoms with Crippen molar-refractivity contribution in [1.29, 1.82) is 0 Å². The fourth-order valence-electron chi connectivity index (χ4n) is 2.24. The number of aromatic amines is 1. The Labute approximate surface area is 106 Å². The summed E-state index contributed by atoms with van der Waals surface area (Å²) in [4.78, 5) is 7.56. The molecule has 0 spiro atoms. The molecular formula is C14H16N4. The van der Waals surface area contributed by atoms with Crippen molar-refractivity contribution in [2.45, 2.75) is 6.54 Å². The summed E-state index contributed by atoms with van der Waals surface area (Å²) in [6, 6.07) is 8.33. The fourth-order valence-corrected chi connectivity index (χ4v) is 2.24. The van der Waals surface area contributed by atoms with Gasteiger partial charge in [0.15, 0.2) is 0 Å². The molecule has 0 saturated carbocycles. The van der Waals surface area contributed by atoms with E-state index in [4.69, 9.17) is 0 Å². The standard InChI is InChI=1S/C14H16N4/c1-15-6-7-18-10-16-9-14(18)12-8-17-13-5-3-2-4-11(12)13/h2-5,8-10,15,17H,6-7H2,1H3. The first-order chi connectivity index (χ1) is 8.90. The van der Waals surface area contributed by atoms with Gasteiger partial charge in [0.05, 0.1) is 18.2 Å². The summed E-state index contributed by atoms with van der Waals surface area (Å²) >= 11 is 0. The Bertz CT molecular complexity index is 650. The maximum atomic E-state index is 4.26. The number of aromatic nitrogens is 3. The van der Waals surface area contributed by atoms with Crippen molar-refractivity contribution in [2.24, 2.45) is 0 Å². The number of hydrogen-bond donors (Lipinski definition) is 2. The van der Waals surface area contributed by atoms with Crippen LogP contribution in [0.15, 0.2) is 43.0 Å². The first kappa shape index (κ1) is 11.0. The Morgan fingerprint density at radius 2 is 2.22 bits per heavy atom. The minimum Gasteiger partial charge on any atom is -0.360 e. The van der Waals surface area contributed by atoms with Crippen molar-refractivity contribution in [1.82, 2.24) is 19.9 Å². The normalized spacial score (nSPS) is 11.2. The van der Waals surface area contributed by atoms with Crippen LogP contribution in [-0.4, -0.2) is 28.1 Å². The number of nitrogens with one attached hydrogen (secondary N) is 2. The summed E-state index contributed by atoms with van der Waals surface area (Å²) in [5.74, 6) is 0. The average Bonchev–Trinajstić information content (AvgIpc) is 3.02. The summed E-state index contributed by atoms with van der Waals surface area (Å²) < 4.78 is 2.17. The van der Waals surface area contributed by atoms with Crippen LogP contribution in [0.1, 0.15) is 0 Å². The van der Waals surface area contributed by atoms with Crippen molar-refractivity contribution < 1.29 is 0 Å². The minimum absolute atomic E-state index is 0.922. The van der Waals surface area contributed by atoms with Gasteiger partial charge in [0.2, 0.25) is 0 Å². The first-order valence-corrected chi connectivity index (χ1v) is 6.11. The molecule has 0 aliphatic rings. The van der Waals surface area contributed by atoms with E-state index in [1.165, 1.54) is 10.9 Å². The molecule has 0 atom stereocenters. The topological polar surface area (TPSA) is 45.6 Å². The molecule has 0 amide bonds. The molecular weight excluding hydrogens is 224 g/mol. The highest BCUT2D eigenvalue weighted by atomic mass is 15.1. The van der Waals surface area contributed by atoms with Crippen molar-refractivity contribution in [3.05, 3.63) is 43.0 Å². The van der Waals surface area contributed by atoms with Crippen molar-refractivity contribution >= 4 is 10.9 Å². The first-order valence-electron chi connectivity index (χ1n) is 6.11. The Balaban J connectivity index is 2.06. The number of nitrogens with zero attached hydrogens (tertiary/aromatic N) is 2. The van der Waals surface area contributed by atoms with E-state index in [1.54, 1.807) is 0 Å². The van der Waals surface area contributed by atoms with Crippen molar-refractivity contribution in [3.8, 4) is 11.3 Å². The summed E-state index contributed by atoms with van der Waals surface area (Å²) in [6.07, 6.45) is 5.86. The third-order valence-electron chi connectivity index (χ3n) is 3.18. The van der Waals surface area contributed by atoms with Gasteiger partial charge in [0.25, 0.3) is 0 Å². The van der Waals surface area contributed by atoms with Crippen LogP contribution in [0, 0.1) is 0 Å². The summed E-state index contributed by atoms with van der Waals surface area (Å²) in [5.41, 5.74) is 3.52. The van der Waals surface area contributed by atoms with E-state index in [1.807, 2.05) is 25.6 Å². The molecule has 0 unspecified atom stereocenters. The van der Waals surface area contributed by atoms with E-state index in [-0.39, 0.29) is 0 Å². The molecule has 0 fully saturated rings. The number of fused-ring (bicyclic) bond motifs is 1. The smallest absolute Gasteiger partial charge is 0.0951 e. The maximum absolute atomic E-state index is 4.26. The summed E-state index contributed by atoms with van der Waals surface area (Å²) in [6.45, 7) is 1.86. The van der Waals surface area contributed by atoms with Gasteiger partial charge in [-0.15, -0.1) is 0 Å². The molecule has 4 nitrogen and oxygen atoms in total. The zero-order chi connectivity index (χ0) is 12.4. The molecule has 0 radical (unpaired) electrons. The van der Waals surface area contributed by atoms with Gasteiger partial charge in [-0.2, -0.15) is 0 Å². The lowest BCUT2D eigenvalue weighted by molar-refractivity contribution is 0.649. The molecule has 3 rings (SSSR count). The fraction of sp³-hybridized carbons (Fsp3) is 0.214. The van der Waals surface area contributed by atoms with Crippen LogP contribution >= 0.6 is 0 Å². The van der Waals surface area contributed by atoms with Crippen LogP contribution in [0.4, 0.5) is 0 Å². The number of benzene rings is 1. The van der Waals surface area contributed by atoms with Crippen LogP contribution in [-0.2, 0) is 6.54 Å². The summed E-state index contributed by atoms with van der Waals surface area (Å²) in [7, 11) is 1.96. The summed E-state index contributed by atoms with van der Waals surface area (Å²) in [5, 5.41) is 4.40.